The van der Waals surface area contributed by atoms with Gasteiger partial charge in [-0.3, -0.25) is 14.5 Å². The topological polar surface area (TPSA) is 76.4 Å². The molecule has 1 aliphatic rings. The summed E-state index contributed by atoms with van der Waals surface area (Å²) in [6.07, 6.45) is 0.962. The molecule has 28 heavy (non-hydrogen) atoms. The number of amides is 2. The number of carbonyl (C=O) groups is 2. The highest BCUT2D eigenvalue weighted by Crippen LogP contribution is 2.30. The second-order valence-corrected chi connectivity index (χ2v) is 7.12. The molecule has 1 heterocycles. The van der Waals surface area contributed by atoms with Gasteiger partial charge >= 0.3 is 0 Å². The van der Waals surface area contributed by atoms with Crippen LogP contribution in [0.15, 0.2) is 48.5 Å². The Morgan fingerprint density at radius 3 is 2.68 bits per heavy atom. The zero-order chi connectivity index (χ0) is 20.1. The molecule has 1 aliphatic heterocycles. The van der Waals surface area contributed by atoms with Gasteiger partial charge in [0.2, 0.25) is 11.8 Å². The quantitative estimate of drug-likeness (QED) is 0.812. The third-order valence-corrected chi connectivity index (χ3v) is 5.16. The number of hydrogen-bond donors (Lipinski definition) is 1. The van der Waals surface area contributed by atoms with Crippen molar-refractivity contribution in [2.75, 3.05) is 30.4 Å². The van der Waals surface area contributed by atoms with E-state index in [2.05, 4.69) is 5.32 Å². The van der Waals surface area contributed by atoms with Crippen molar-refractivity contribution in [2.24, 2.45) is 0 Å². The van der Waals surface area contributed by atoms with Crippen molar-refractivity contribution >= 4 is 34.8 Å². The van der Waals surface area contributed by atoms with Gasteiger partial charge in [0.1, 0.15) is 0 Å². The van der Waals surface area contributed by atoms with Gasteiger partial charge in [0.05, 0.1) is 28.4 Å². The monoisotopic (exact) mass is 396 g/mol. The van der Waals surface area contributed by atoms with Crippen LogP contribution >= 0.6 is 11.6 Å². The zero-order valence-corrected chi connectivity index (χ0v) is 16.3. The third kappa shape index (κ3) is 4.50. The summed E-state index contributed by atoms with van der Waals surface area (Å²) in [6.45, 7) is 1.07. The lowest BCUT2D eigenvalue weighted by Gasteiger charge is -2.24. The summed E-state index contributed by atoms with van der Waals surface area (Å²) in [6, 6.07) is 15.8. The highest BCUT2D eigenvalue weighted by atomic mass is 35.5. The van der Waals surface area contributed by atoms with E-state index in [-0.39, 0.29) is 24.3 Å². The van der Waals surface area contributed by atoms with E-state index in [1.807, 2.05) is 36.2 Å². The van der Waals surface area contributed by atoms with Crippen LogP contribution < -0.4 is 10.2 Å². The van der Waals surface area contributed by atoms with Crippen molar-refractivity contribution < 1.29 is 9.59 Å². The second-order valence-electron chi connectivity index (χ2n) is 6.71. The maximum Gasteiger partial charge on any atom is 0.244 e. The van der Waals surface area contributed by atoms with E-state index < -0.39 is 0 Å². The first-order valence-electron chi connectivity index (χ1n) is 9.06. The summed E-state index contributed by atoms with van der Waals surface area (Å²) >= 11 is 6.22. The first-order valence-corrected chi connectivity index (χ1v) is 9.43. The van der Waals surface area contributed by atoms with Crippen LogP contribution in [0.5, 0.6) is 0 Å². The number of halogens is 1. The lowest BCUT2D eigenvalue weighted by molar-refractivity contribution is -0.122. The van der Waals surface area contributed by atoms with Crippen LogP contribution in [0.4, 0.5) is 11.4 Å². The van der Waals surface area contributed by atoms with Crippen LogP contribution in [0.2, 0.25) is 5.02 Å². The Kier molecular flexibility index (Phi) is 6.30. The van der Waals surface area contributed by atoms with E-state index >= 15 is 0 Å². The fourth-order valence-electron chi connectivity index (χ4n) is 3.27. The van der Waals surface area contributed by atoms with Gasteiger partial charge in [0, 0.05) is 25.2 Å². The van der Waals surface area contributed by atoms with Crippen molar-refractivity contribution in [1.29, 1.82) is 5.26 Å². The normalized spacial score (nSPS) is 16.3. The summed E-state index contributed by atoms with van der Waals surface area (Å²) in [5.41, 5.74) is 1.91. The average Bonchev–Trinajstić information content (AvgIpc) is 3.08. The number of nitriles is 1. The van der Waals surface area contributed by atoms with Crippen LogP contribution in [0.1, 0.15) is 18.4 Å². The van der Waals surface area contributed by atoms with Crippen LogP contribution in [0.25, 0.3) is 0 Å². The summed E-state index contributed by atoms with van der Waals surface area (Å²) in [5.74, 6) is -0.131. The first kappa shape index (κ1) is 19.9. The van der Waals surface area contributed by atoms with Crippen molar-refractivity contribution in [2.45, 2.75) is 18.9 Å². The Bertz CT molecular complexity index is 907. The maximum atomic E-state index is 12.8. The number of rotatable bonds is 6. The van der Waals surface area contributed by atoms with Crippen molar-refractivity contribution in [1.82, 2.24) is 4.90 Å². The lowest BCUT2D eigenvalue weighted by atomic mass is 10.2. The van der Waals surface area contributed by atoms with E-state index in [9.17, 15) is 9.59 Å². The van der Waals surface area contributed by atoms with Gasteiger partial charge < -0.3 is 10.2 Å². The minimum absolute atomic E-state index is 0.00287. The molecule has 1 atom stereocenters. The van der Waals surface area contributed by atoms with E-state index in [0.717, 1.165) is 5.69 Å². The molecule has 0 saturated carbocycles. The molecule has 0 spiro atoms. The molecule has 2 amide bonds. The number of anilines is 2. The number of nitrogens with one attached hydrogen (secondary N) is 1. The van der Waals surface area contributed by atoms with E-state index in [4.69, 9.17) is 16.9 Å². The van der Waals surface area contributed by atoms with Gasteiger partial charge in [0.25, 0.3) is 0 Å². The number of benzene rings is 2. The number of carbonyl (C=O) groups excluding carboxylic acids is 2. The summed E-state index contributed by atoms with van der Waals surface area (Å²) in [7, 11) is 1.85. The van der Waals surface area contributed by atoms with Gasteiger partial charge in [-0.25, -0.2) is 0 Å². The molecule has 1 fully saturated rings. The van der Waals surface area contributed by atoms with Gasteiger partial charge in [-0.1, -0.05) is 23.7 Å². The zero-order valence-electron chi connectivity index (χ0n) is 15.6. The van der Waals surface area contributed by atoms with Gasteiger partial charge in [-0.05, 0) is 49.9 Å². The first-order chi connectivity index (χ1) is 13.5. The Hall–Kier alpha value is -2.88. The van der Waals surface area contributed by atoms with Crippen molar-refractivity contribution in [3.8, 4) is 6.07 Å². The van der Waals surface area contributed by atoms with Gasteiger partial charge in [-0.2, -0.15) is 5.26 Å². The minimum atomic E-state index is -0.265. The average molecular weight is 397 g/mol. The molecule has 2 aromatic rings. The summed E-state index contributed by atoms with van der Waals surface area (Å²) in [5, 5.41) is 12.2. The minimum Gasteiger partial charge on any atom is -0.326 e. The molecule has 0 bridgehead atoms. The number of para-hydroxylation sites is 1. The molecule has 0 aliphatic carbocycles. The van der Waals surface area contributed by atoms with Crippen LogP contribution in [-0.2, 0) is 9.59 Å². The fraction of sp³-hybridized carbons (Fsp3) is 0.286. The number of hydrogen-bond acceptors (Lipinski definition) is 4. The largest absolute Gasteiger partial charge is 0.326 e. The maximum absolute atomic E-state index is 12.8. The van der Waals surface area contributed by atoms with E-state index in [1.54, 1.807) is 35.2 Å². The summed E-state index contributed by atoms with van der Waals surface area (Å²) < 4.78 is 0. The third-order valence-electron chi connectivity index (χ3n) is 4.84. The highest BCUT2D eigenvalue weighted by Gasteiger charge is 2.35. The molecule has 1 N–H and O–H groups in total. The number of likely N-dealkylation sites (N-methyl/N-ethyl adjacent to an activating group) is 1. The fourth-order valence-corrected chi connectivity index (χ4v) is 3.51. The molecule has 1 unspecified atom stereocenters. The van der Waals surface area contributed by atoms with Crippen LogP contribution in [-0.4, -0.2) is 42.9 Å². The Balaban J connectivity index is 1.52. The van der Waals surface area contributed by atoms with Crippen molar-refractivity contribution in [3.63, 3.8) is 0 Å². The smallest absolute Gasteiger partial charge is 0.244 e. The SMILES string of the molecule is CN(CCC(=O)Nc1ccc(C#N)cc1)C1CCN(c2ccccc2Cl)C1=O. The standard InChI is InChI=1S/C21H21ClN4O2/c1-25(12-11-20(27)24-16-8-6-15(14-23)7-9-16)19-10-13-26(21(19)28)18-5-3-2-4-17(18)22/h2-9,19H,10-13H2,1H3,(H,24,27). The van der Waals surface area contributed by atoms with E-state index in [0.29, 0.717) is 35.8 Å². The second kappa shape index (κ2) is 8.87. The highest BCUT2D eigenvalue weighted by molar-refractivity contribution is 6.33. The molecule has 6 nitrogen and oxygen atoms in total. The van der Waals surface area contributed by atoms with Gasteiger partial charge in [0.15, 0.2) is 0 Å². The molecule has 1 saturated heterocycles. The Morgan fingerprint density at radius 1 is 1.29 bits per heavy atom. The molecule has 2 aromatic carbocycles. The molecular weight excluding hydrogens is 376 g/mol. The van der Waals surface area contributed by atoms with Crippen LogP contribution in [0, 0.1) is 11.3 Å². The molecule has 3 rings (SSSR count). The lowest BCUT2D eigenvalue weighted by Crippen LogP contribution is -2.41. The predicted octanol–water partition coefficient (Wildman–Crippen LogP) is 3.28. The predicted molar refractivity (Wildman–Crippen MR) is 109 cm³/mol. The van der Waals surface area contributed by atoms with Gasteiger partial charge in [-0.15, -0.1) is 0 Å². The molecule has 0 aromatic heterocycles. The summed E-state index contributed by atoms with van der Waals surface area (Å²) in [4.78, 5) is 28.6. The Morgan fingerprint density at radius 2 is 2.00 bits per heavy atom. The van der Waals surface area contributed by atoms with E-state index in [1.165, 1.54) is 0 Å². The molecule has 7 heteroatoms. The molecular formula is C21H21ClN4O2. The molecule has 144 valence electrons. The van der Waals surface area contributed by atoms with Crippen molar-refractivity contribution in [3.05, 3.63) is 59.1 Å². The molecule has 0 radical (unpaired) electrons. The van der Waals surface area contributed by atoms with Crippen LogP contribution in [0.3, 0.4) is 0 Å². The number of nitrogens with zero attached hydrogens (tertiary/aromatic N) is 3. The Labute approximate surface area is 169 Å².